The molecular formula is C61H39N2OPS. The lowest BCUT2D eigenvalue weighted by atomic mass is 9.70. The van der Waals surface area contributed by atoms with Crippen molar-refractivity contribution in [2.45, 2.75) is 15.2 Å². The van der Waals surface area contributed by atoms with E-state index >= 15 is 4.57 Å². The smallest absolute Gasteiger partial charge is 0.171 e. The average molecular weight is 879 g/mol. The van der Waals surface area contributed by atoms with Gasteiger partial charge in [-0.25, -0.2) is 0 Å². The summed E-state index contributed by atoms with van der Waals surface area (Å²) < 4.78 is 19.3. The number of anilines is 3. The molecule has 0 bridgehead atoms. The zero-order valence-corrected chi connectivity index (χ0v) is 37.4. The van der Waals surface area contributed by atoms with Crippen molar-refractivity contribution in [3.63, 3.8) is 0 Å². The van der Waals surface area contributed by atoms with E-state index in [4.69, 9.17) is 0 Å². The summed E-state index contributed by atoms with van der Waals surface area (Å²) in [5, 5.41) is 4.94. The van der Waals surface area contributed by atoms with E-state index in [1.807, 2.05) is 30.0 Å². The Labute approximate surface area is 387 Å². The Kier molecular flexibility index (Phi) is 8.11. The Hall–Kier alpha value is -7.62. The van der Waals surface area contributed by atoms with Gasteiger partial charge in [-0.1, -0.05) is 182 Å². The summed E-state index contributed by atoms with van der Waals surface area (Å²) in [5.41, 5.74) is 15.9. The molecule has 0 amide bonds. The van der Waals surface area contributed by atoms with E-state index in [-0.39, 0.29) is 0 Å². The fourth-order valence-corrected chi connectivity index (χ4v) is 15.6. The quantitative estimate of drug-likeness (QED) is 0.161. The van der Waals surface area contributed by atoms with Crippen molar-refractivity contribution >= 4 is 73.7 Å². The van der Waals surface area contributed by atoms with Gasteiger partial charge in [0.25, 0.3) is 0 Å². The molecule has 3 nitrogen and oxygen atoms in total. The number of fused-ring (bicyclic) bond motifs is 15. The van der Waals surface area contributed by atoms with Crippen LogP contribution in [0.4, 0.5) is 17.1 Å². The number of hydrogen-bond acceptors (Lipinski definition) is 3. The van der Waals surface area contributed by atoms with Gasteiger partial charge in [0.05, 0.1) is 27.8 Å². The van der Waals surface area contributed by atoms with Crippen LogP contribution in [-0.4, -0.2) is 4.57 Å². The number of rotatable bonds is 5. The van der Waals surface area contributed by atoms with Crippen LogP contribution in [0.15, 0.2) is 246 Å². The van der Waals surface area contributed by atoms with Crippen LogP contribution in [0.1, 0.15) is 22.3 Å². The molecule has 11 aromatic rings. The van der Waals surface area contributed by atoms with Crippen molar-refractivity contribution < 1.29 is 4.57 Å². The molecule has 3 aliphatic rings. The maximum Gasteiger partial charge on any atom is 0.171 e. The molecule has 0 radical (unpaired) electrons. The largest absolute Gasteiger partial charge is 0.309 e. The molecule has 5 heteroatoms. The predicted octanol–water partition coefficient (Wildman–Crippen LogP) is 14.7. The van der Waals surface area contributed by atoms with Crippen LogP contribution in [0.25, 0.3) is 49.7 Å². The summed E-state index contributed by atoms with van der Waals surface area (Å²) in [7, 11) is -3.51. The number of hydrogen-bond donors (Lipinski definition) is 0. The first kappa shape index (κ1) is 37.7. The molecule has 66 heavy (non-hydrogen) atoms. The van der Waals surface area contributed by atoms with Crippen LogP contribution in [0, 0.1) is 0 Å². The van der Waals surface area contributed by atoms with Crippen molar-refractivity contribution in [2.24, 2.45) is 0 Å². The third kappa shape index (κ3) is 5.03. The second-order valence-corrected chi connectivity index (χ2v) is 21.3. The highest BCUT2D eigenvalue weighted by Crippen LogP contribution is 2.64. The molecule has 1 atom stereocenters. The van der Waals surface area contributed by atoms with Gasteiger partial charge in [-0.3, -0.25) is 0 Å². The molecule has 310 valence electrons. The van der Waals surface area contributed by atoms with Crippen LogP contribution in [0.5, 0.6) is 0 Å². The molecule has 0 fully saturated rings. The van der Waals surface area contributed by atoms with Crippen molar-refractivity contribution in [3.05, 3.63) is 259 Å². The molecule has 0 saturated carbocycles. The van der Waals surface area contributed by atoms with Crippen LogP contribution in [-0.2, 0) is 9.98 Å². The van der Waals surface area contributed by atoms with Crippen LogP contribution >= 0.6 is 18.9 Å². The van der Waals surface area contributed by atoms with Gasteiger partial charge in [0.1, 0.15) is 0 Å². The van der Waals surface area contributed by atoms with Crippen LogP contribution in [0.2, 0.25) is 0 Å². The normalized spacial score (nSPS) is 14.6. The molecule has 1 aromatic heterocycles. The summed E-state index contributed by atoms with van der Waals surface area (Å²) in [6.45, 7) is 0. The van der Waals surface area contributed by atoms with Gasteiger partial charge >= 0.3 is 0 Å². The minimum Gasteiger partial charge on any atom is -0.309 e. The number of aromatic nitrogens is 1. The topological polar surface area (TPSA) is 25.2 Å². The molecular weight excluding hydrogens is 840 g/mol. The van der Waals surface area contributed by atoms with Crippen molar-refractivity contribution in [1.29, 1.82) is 0 Å². The Morgan fingerprint density at radius 1 is 0.394 bits per heavy atom. The summed E-state index contributed by atoms with van der Waals surface area (Å²) in [6.07, 6.45) is 0. The third-order valence-electron chi connectivity index (χ3n) is 14.3. The Morgan fingerprint density at radius 3 is 1.71 bits per heavy atom. The van der Waals surface area contributed by atoms with Crippen molar-refractivity contribution in [3.8, 4) is 27.9 Å². The molecule has 0 N–H and O–H groups in total. The van der Waals surface area contributed by atoms with Crippen LogP contribution in [0.3, 0.4) is 0 Å². The van der Waals surface area contributed by atoms with E-state index in [0.29, 0.717) is 0 Å². The van der Waals surface area contributed by atoms with E-state index in [2.05, 4.69) is 228 Å². The Morgan fingerprint density at radius 2 is 0.970 bits per heavy atom. The van der Waals surface area contributed by atoms with Crippen molar-refractivity contribution in [1.82, 2.24) is 4.57 Å². The number of benzene rings is 10. The van der Waals surface area contributed by atoms with Crippen molar-refractivity contribution in [2.75, 3.05) is 4.90 Å². The van der Waals surface area contributed by atoms with Gasteiger partial charge in [0, 0.05) is 47.9 Å². The highest BCUT2D eigenvalue weighted by atomic mass is 32.2. The van der Waals surface area contributed by atoms with Crippen LogP contribution < -0.4 is 20.8 Å². The van der Waals surface area contributed by atoms with Gasteiger partial charge in [0.15, 0.2) is 7.14 Å². The molecule has 14 rings (SSSR count). The zero-order chi connectivity index (χ0) is 43.6. The third-order valence-corrected chi connectivity index (χ3v) is 18.5. The molecule has 2 aliphatic carbocycles. The van der Waals surface area contributed by atoms with Gasteiger partial charge in [-0.15, -0.1) is 0 Å². The maximum absolute atomic E-state index is 17.0. The molecule has 0 saturated heterocycles. The number of para-hydroxylation sites is 3. The van der Waals surface area contributed by atoms with E-state index in [1.165, 1.54) is 59.5 Å². The standard InChI is InChI=1S/C61H39N2OPS/c64-65(42-20-5-2-6-21-42,57-32-17-29-52-60(57)47-25-9-13-28-51(47)61(52)49-26-11-7-22-44(49)45-23-8-12-27-50(45)61)43-36-34-41(35-37-43)63-54-31-15-16-33-58(54)66-59-38-48-46-24-10-14-30-53(46)62(55(48)39-56(59)63)40-18-3-1-4-19-40/h1-39H. The minimum absolute atomic E-state index is 0.537. The molecule has 2 heterocycles. The molecule has 1 spiro atoms. The fourth-order valence-electron chi connectivity index (χ4n) is 11.6. The Balaban J connectivity index is 0.974. The van der Waals surface area contributed by atoms with E-state index in [1.54, 1.807) is 0 Å². The first-order chi connectivity index (χ1) is 32.6. The highest BCUT2D eigenvalue weighted by Gasteiger charge is 2.53. The summed E-state index contributed by atoms with van der Waals surface area (Å²) in [4.78, 5) is 4.77. The average Bonchev–Trinajstić information content (AvgIpc) is 3.99. The van der Waals surface area contributed by atoms with E-state index < -0.39 is 12.6 Å². The van der Waals surface area contributed by atoms with E-state index in [0.717, 1.165) is 55.3 Å². The lowest BCUT2D eigenvalue weighted by Gasteiger charge is -2.33. The SMILES string of the molecule is O=P(c1ccccc1)(c1ccc(N2c3ccccc3Sc3cc4c5ccccc5n(-c5ccccc5)c4cc32)cc1)c1cccc2c1-c1ccccc1C21c2ccccc2-c2ccccc21. The zero-order valence-electron chi connectivity index (χ0n) is 35.7. The van der Waals surface area contributed by atoms with Gasteiger partial charge in [-0.05, 0) is 111 Å². The first-order valence-electron chi connectivity index (χ1n) is 22.5. The second kappa shape index (κ2) is 14.2. The Bertz CT molecular complexity index is 3790. The maximum atomic E-state index is 17.0. The lowest BCUT2D eigenvalue weighted by Crippen LogP contribution is -2.29. The summed E-state index contributed by atoms with van der Waals surface area (Å²) in [5.74, 6) is 0. The summed E-state index contributed by atoms with van der Waals surface area (Å²) >= 11 is 1.82. The first-order valence-corrected chi connectivity index (χ1v) is 25.1. The number of nitrogens with zero attached hydrogens (tertiary/aromatic N) is 2. The molecule has 1 unspecified atom stereocenters. The van der Waals surface area contributed by atoms with Gasteiger partial charge < -0.3 is 14.0 Å². The highest BCUT2D eigenvalue weighted by molar-refractivity contribution is 7.99. The minimum atomic E-state index is -3.51. The molecule has 1 aliphatic heterocycles. The predicted molar refractivity (Wildman–Crippen MR) is 275 cm³/mol. The van der Waals surface area contributed by atoms with E-state index in [9.17, 15) is 0 Å². The monoisotopic (exact) mass is 878 g/mol. The fraction of sp³-hybridized carbons (Fsp3) is 0.0164. The van der Waals surface area contributed by atoms with Gasteiger partial charge in [0.2, 0.25) is 0 Å². The lowest BCUT2D eigenvalue weighted by molar-refractivity contribution is 0.592. The van der Waals surface area contributed by atoms with Gasteiger partial charge in [-0.2, -0.15) is 0 Å². The molecule has 10 aromatic carbocycles. The second-order valence-electron chi connectivity index (χ2n) is 17.5. The summed E-state index contributed by atoms with van der Waals surface area (Å²) in [6, 6.07) is 84.7.